The standard InChI is InChI=1S/C26H23F3N6O4S/c27-26(28,29)17-4-2-1-3-16(17)13-39-20-12-21(40-22(20)23(30)36)35-14-33-18-11-15(5-6-19(18)35)24(37)31-7-9-34-10-8-32-25(34)38/h1-6,11-12,14H,7-10,13H2,(H2,30,36)(H,31,37)(H,32,38). The minimum atomic E-state index is -4.55. The Labute approximate surface area is 229 Å². The number of amides is 4. The molecule has 1 aliphatic heterocycles. The van der Waals surface area contributed by atoms with Crippen LogP contribution >= 0.6 is 11.3 Å². The van der Waals surface area contributed by atoms with Crippen molar-refractivity contribution in [3.63, 3.8) is 0 Å². The molecule has 10 nitrogen and oxygen atoms in total. The Hall–Kier alpha value is -4.59. The number of hydrogen-bond donors (Lipinski definition) is 3. The highest BCUT2D eigenvalue weighted by Crippen LogP contribution is 2.36. The van der Waals surface area contributed by atoms with Crippen molar-refractivity contribution in [2.75, 3.05) is 26.2 Å². The Balaban J connectivity index is 1.33. The Kier molecular flexibility index (Phi) is 7.34. The molecule has 1 saturated heterocycles. The Morgan fingerprint density at radius 1 is 1.18 bits per heavy atom. The van der Waals surface area contributed by atoms with Gasteiger partial charge in [0.1, 0.15) is 28.6 Å². The highest BCUT2D eigenvalue weighted by Gasteiger charge is 2.33. The number of ether oxygens (including phenoxy) is 1. The SMILES string of the molecule is NC(=O)c1sc(-n2cnc3cc(C(=O)NCCN4CCNC4=O)ccc32)cc1OCc1ccccc1C(F)(F)F. The van der Waals surface area contributed by atoms with E-state index >= 15 is 0 Å². The molecule has 2 aromatic carbocycles. The summed E-state index contributed by atoms with van der Waals surface area (Å²) in [5.41, 5.74) is 6.11. The fourth-order valence-electron chi connectivity index (χ4n) is 4.30. The quantitative estimate of drug-likeness (QED) is 0.282. The molecule has 208 valence electrons. The van der Waals surface area contributed by atoms with E-state index in [9.17, 15) is 27.6 Å². The van der Waals surface area contributed by atoms with Crippen LogP contribution in [-0.2, 0) is 12.8 Å². The van der Waals surface area contributed by atoms with Gasteiger partial charge in [0.15, 0.2) is 0 Å². The predicted octanol–water partition coefficient (Wildman–Crippen LogP) is 3.54. The van der Waals surface area contributed by atoms with Gasteiger partial charge in [-0.3, -0.25) is 14.2 Å². The number of benzene rings is 2. The van der Waals surface area contributed by atoms with E-state index in [1.165, 1.54) is 30.6 Å². The molecule has 4 aromatic rings. The lowest BCUT2D eigenvalue weighted by Gasteiger charge is -2.14. The first-order chi connectivity index (χ1) is 19.1. The molecule has 0 saturated carbocycles. The molecule has 0 radical (unpaired) electrons. The van der Waals surface area contributed by atoms with Crippen LogP contribution in [0.4, 0.5) is 18.0 Å². The van der Waals surface area contributed by atoms with Gasteiger partial charge in [0, 0.05) is 43.4 Å². The number of hydrogen-bond acceptors (Lipinski definition) is 6. The summed E-state index contributed by atoms with van der Waals surface area (Å²) in [6, 6.07) is 11.3. The maximum absolute atomic E-state index is 13.4. The van der Waals surface area contributed by atoms with E-state index in [2.05, 4.69) is 15.6 Å². The first-order valence-corrected chi connectivity index (χ1v) is 12.9. The summed E-state index contributed by atoms with van der Waals surface area (Å²) in [6.45, 7) is 1.43. The van der Waals surface area contributed by atoms with Crippen molar-refractivity contribution < 1.29 is 32.3 Å². The Morgan fingerprint density at radius 3 is 2.70 bits per heavy atom. The molecular formula is C26H23F3N6O4S. The molecule has 2 aromatic heterocycles. The smallest absolute Gasteiger partial charge is 0.416 e. The highest BCUT2D eigenvalue weighted by molar-refractivity contribution is 7.16. The van der Waals surface area contributed by atoms with Crippen molar-refractivity contribution in [1.82, 2.24) is 25.1 Å². The number of fused-ring (bicyclic) bond motifs is 1. The number of nitrogens with two attached hydrogens (primary N) is 1. The molecule has 0 unspecified atom stereocenters. The highest BCUT2D eigenvalue weighted by atomic mass is 32.1. The van der Waals surface area contributed by atoms with Gasteiger partial charge in [-0.2, -0.15) is 13.2 Å². The molecular weight excluding hydrogens is 549 g/mol. The molecule has 14 heteroatoms. The topological polar surface area (TPSA) is 132 Å². The van der Waals surface area contributed by atoms with Crippen LogP contribution in [0.3, 0.4) is 0 Å². The summed E-state index contributed by atoms with van der Waals surface area (Å²) in [6.07, 6.45) is -3.06. The number of halogens is 3. The maximum Gasteiger partial charge on any atom is 0.416 e. The summed E-state index contributed by atoms with van der Waals surface area (Å²) in [5.74, 6) is -1.06. The summed E-state index contributed by atoms with van der Waals surface area (Å²) in [4.78, 5) is 42.3. The van der Waals surface area contributed by atoms with E-state index in [4.69, 9.17) is 10.5 Å². The van der Waals surface area contributed by atoms with Crippen LogP contribution in [0, 0.1) is 0 Å². The molecule has 3 heterocycles. The number of carbonyl (C=O) groups is 3. The van der Waals surface area contributed by atoms with Crippen LogP contribution in [0.15, 0.2) is 54.9 Å². The van der Waals surface area contributed by atoms with E-state index in [0.717, 1.165) is 17.4 Å². The number of rotatable bonds is 9. The fraction of sp³-hybridized carbons (Fsp3) is 0.231. The third kappa shape index (κ3) is 5.57. The van der Waals surface area contributed by atoms with Crippen molar-refractivity contribution in [3.8, 4) is 10.8 Å². The lowest BCUT2D eigenvalue weighted by molar-refractivity contribution is -0.138. The number of urea groups is 1. The third-order valence-electron chi connectivity index (χ3n) is 6.27. The second-order valence-electron chi connectivity index (χ2n) is 8.88. The van der Waals surface area contributed by atoms with Gasteiger partial charge < -0.3 is 26.0 Å². The summed E-state index contributed by atoms with van der Waals surface area (Å²) in [7, 11) is 0. The van der Waals surface area contributed by atoms with Crippen LogP contribution in [0.5, 0.6) is 5.75 Å². The number of nitrogens with one attached hydrogen (secondary N) is 2. The largest absolute Gasteiger partial charge is 0.487 e. The van der Waals surface area contributed by atoms with Crippen LogP contribution in [0.1, 0.15) is 31.2 Å². The summed E-state index contributed by atoms with van der Waals surface area (Å²) >= 11 is 1.00. The lowest BCUT2D eigenvalue weighted by Crippen LogP contribution is -2.36. The molecule has 0 aliphatic carbocycles. The van der Waals surface area contributed by atoms with E-state index in [-0.39, 0.29) is 28.1 Å². The molecule has 0 atom stereocenters. The van der Waals surface area contributed by atoms with Gasteiger partial charge in [0.25, 0.3) is 11.8 Å². The second kappa shape index (κ2) is 10.9. The van der Waals surface area contributed by atoms with Crippen LogP contribution in [0.25, 0.3) is 16.0 Å². The van der Waals surface area contributed by atoms with Crippen molar-refractivity contribution in [3.05, 3.63) is 76.4 Å². The third-order valence-corrected chi connectivity index (χ3v) is 7.40. The second-order valence-corrected chi connectivity index (χ2v) is 9.91. The fourth-order valence-corrected chi connectivity index (χ4v) is 5.24. The summed E-state index contributed by atoms with van der Waals surface area (Å²) in [5, 5.41) is 5.98. The van der Waals surface area contributed by atoms with Crippen molar-refractivity contribution in [1.29, 1.82) is 0 Å². The zero-order chi connectivity index (χ0) is 28.4. The number of alkyl halides is 3. The molecule has 5 rings (SSSR count). The van der Waals surface area contributed by atoms with Gasteiger partial charge in [0.2, 0.25) is 0 Å². The average Bonchev–Trinajstić information content (AvgIpc) is 3.65. The van der Waals surface area contributed by atoms with Gasteiger partial charge in [-0.25, -0.2) is 9.78 Å². The van der Waals surface area contributed by atoms with E-state index in [1.807, 2.05) is 0 Å². The average molecular weight is 573 g/mol. The molecule has 0 bridgehead atoms. The number of primary amides is 1. The van der Waals surface area contributed by atoms with Crippen LogP contribution in [-0.4, -0.2) is 58.5 Å². The molecule has 4 N–H and O–H groups in total. The molecule has 4 amide bonds. The van der Waals surface area contributed by atoms with Crippen molar-refractivity contribution in [2.24, 2.45) is 5.73 Å². The van der Waals surface area contributed by atoms with Gasteiger partial charge in [0.05, 0.1) is 16.6 Å². The predicted molar refractivity (Wildman–Crippen MR) is 141 cm³/mol. The van der Waals surface area contributed by atoms with Crippen molar-refractivity contribution >= 4 is 40.2 Å². The van der Waals surface area contributed by atoms with Gasteiger partial charge in [-0.05, 0) is 24.3 Å². The van der Waals surface area contributed by atoms with Gasteiger partial charge in [-0.15, -0.1) is 11.3 Å². The van der Waals surface area contributed by atoms with Crippen LogP contribution < -0.4 is 21.1 Å². The maximum atomic E-state index is 13.4. The van der Waals surface area contributed by atoms with Gasteiger partial charge >= 0.3 is 12.2 Å². The number of carbonyl (C=O) groups excluding carboxylic acids is 3. The zero-order valence-corrected chi connectivity index (χ0v) is 21.6. The Bertz CT molecular complexity index is 1600. The van der Waals surface area contributed by atoms with Crippen LogP contribution in [0.2, 0.25) is 0 Å². The molecule has 1 fully saturated rings. The molecule has 40 heavy (non-hydrogen) atoms. The first kappa shape index (κ1) is 27.0. The van der Waals surface area contributed by atoms with E-state index in [1.54, 1.807) is 27.7 Å². The summed E-state index contributed by atoms with van der Waals surface area (Å²) < 4.78 is 47.4. The minimum Gasteiger partial charge on any atom is -0.487 e. The lowest BCUT2D eigenvalue weighted by atomic mass is 10.1. The van der Waals surface area contributed by atoms with E-state index in [0.29, 0.717) is 47.8 Å². The van der Waals surface area contributed by atoms with Crippen molar-refractivity contribution in [2.45, 2.75) is 12.8 Å². The number of thiophene rings is 1. The van der Waals surface area contributed by atoms with Gasteiger partial charge in [-0.1, -0.05) is 18.2 Å². The minimum absolute atomic E-state index is 0.0454. The number of imidazole rings is 1. The monoisotopic (exact) mass is 572 g/mol. The number of aromatic nitrogens is 2. The normalized spacial score (nSPS) is 13.5. The Morgan fingerprint density at radius 2 is 1.98 bits per heavy atom. The van der Waals surface area contributed by atoms with E-state index < -0.39 is 24.3 Å². The number of nitrogens with zero attached hydrogens (tertiary/aromatic N) is 3. The molecule has 0 spiro atoms. The zero-order valence-electron chi connectivity index (χ0n) is 20.8. The molecule has 1 aliphatic rings. The first-order valence-electron chi connectivity index (χ1n) is 12.1.